The third kappa shape index (κ3) is 4.93. The topological polar surface area (TPSA) is 55.5 Å². The molecule has 0 bridgehead atoms. The fraction of sp³-hybridized carbons (Fsp3) is 0.500. The zero-order valence-corrected chi connectivity index (χ0v) is 9.95. The second kappa shape index (κ2) is 6.06. The zero-order chi connectivity index (χ0) is 13.8. The fourth-order valence-electron chi connectivity index (χ4n) is 1.48. The number of aliphatic hydroxyl groups excluding tert-OH is 1. The maximum absolute atomic E-state index is 11.9. The lowest BCUT2D eigenvalue weighted by molar-refractivity contribution is -0.274. The summed E-state index contributed by atoms with van der Waals surface area (Å²) >= 11 is 0. The Morgan fingerprint density at radius 1 is 1.28 bits per heavy atom. The molecule has 0 spiro atoms. The second-order valence-electron chi connectivity index (χ2n) is 4.04. The molecule has 6 heteroatoms. The normalized spacial score (nSPS) is 15.2. The summed E-state index contributed by atoms with van der Waals surface area (Å²) in [6.07, 6.45) is -4.38. The molecule has 1 rings (SSSR count). The Morgan fingerprint density at radius 2 is 1.83 bits per heavy atom. The molecule has 0 aromatic heterocycles. The minimum absolute atomic E-state index is 0.133. The fourth-order valence-corrected chi connectivity index (χ4v) is 1.48. The van der Waals surface area contributed by atoms with Gasteiger partial charge in [0.1, 0.15) is 5.75 Å². The summed E-state index contributed by atoms with van der Waals surface area (Å²) in [5.74, 6) is -0.307. The van der Waals surface area contributed by atoms with Crippen LogP contribution in [0.15, 0.2) is 24.3 Å². The average molecular weight is 263 g/mol. The summed E-state index contributed by atoms with van der Waals surface area (Å²) in [7, 11) is 0. The first-order chi connectivity index (χ1) is 8.31. The van der Waals surface area contributed by atoms with Crippen LogP contribution in [0.4, 0.5) is 13.2 Å². The molecule has 2 unspecified atom stereocenters. The smallest absolute Gasteiger partial charge is 0.406 e. The highest BCUT2D eigenvalue weighted by Crippen LogP contribution is 2.25. The van der Waals surface area contributed by atoms with E-state index >= 15 is 0 Å². The number of halogens is 3. The van der Waals surface area contributed by atoms with Gasteiger partial charge in [-0.3, -0.25) is 0 Å². The highest BCUT2D eigenvalue weighted by Gasteiger charge is 2.31. The Morgan fingerprint density at radius 3 is 2.28 bits per heavy atom. The molecule has 18 heavy (non-hydrogen) atoms. The molecule has 3 N–H and O–H groups in total. The molecule has 0 fully saturated rings. The Kier molecular flexibility index (Phi) is 4.98. The van der Waals surface area contributed by atoms with Crippen LogP contribution in [0.5, 0.6) is 5.75 Å². The van der Waals surface area contributed by atoms with Crippen LogP contribution in [0.3, 0.4) is 0 Å². The van der Waals surface area contributed by atoms with Gasteiger partial charge in [0, 0.05) is 6.04 Å². The summed E-state index contributed by atoms with van der Waals surface area (Å²) in [6.45, 7) is 1.90. The van der Waals surface area contributed by atoms with Gasteiger partial charge in [-0.1, -0.05) is 19.1 Å². The van der Waals surface area contributed by atoms with Gasteiger partial charge in [0.25, 0.3) is 0 Å². The molecular weight excluding hydrogens is 247 g/mol. The predicted octanol–water partition coefficient (Wildman–Crippen LogP) is 2.75. The molecule has 0 heterocycles. The van der Waals surface area contributed by atoms with E-state index in [9.17, 15) is 18.3 Å². The van der Waals surface area contributed by atoms with Crippen molar-refractivity contribution >= 4 is 0 Å². The van der Waals surface area contributed by atoms with Gasteiger partial charge in [-0.15, -0.1) is 13.2 Å². The lowest BCUT2D eigenvalue weighted by atomic mass is 10.0. The summed E-state index contributed by atoms with van der Waals surface area (Å²) in [6, 6.07) is 5.00. The minimum Gasteiger partial charge on any atom is -0.406 e. The number of ether oxygens (including phenoxy) is 1. The Bertz CT molecular complexity index is 365. The van der Waals surface area contributed by atoms with Crippen LogP contribution in [0.25, 0.3) is 0 Å². The van der Waals surface area contributed by atoms with E-state index in [-0.39, 0.29) is 11.8 Å². The van der Waals surface area contributed by atoms with E-state index in [1.165, 1.54) is 24.3 Å². The van der Waals surface area contributed by atoms with Crippen molar-refractivity contribution in [3.05, 3.63) is 29.8 Å². The number of aliphatic hydroxyl groups is 1. The monoisotopic (exact) mass is 263 g/mol. The van der Waals surface area contributed by atoms with Gasteiger partial charge in [-0.2, -0.15) is 0 Å². The van der Waals surface area contributed by atoms with Crippen molar-refractivity contribution in [3.63, 3.8) is 0 Å². The van der Waals surface area contributed by atoms with Crippen molar-refractivity contribution in [1.29, 1.82) is 0 Å². The van der Waals surface area contributed by atoms with E-state index in [4.69, 9.17) is 5.73 Å². The van der Waals surface area contributed by atoms with E-state index in [0.717, 1.165) is 6.42 Å². The largest absolute Gasteiger partial charge is 0.573 e. The van der Waals surface area contributed by atoms with Gasteiger partial charge in [0.2, 0.25) is 0 Å². The molecule has 1 aromatic carbocycles. The van der Waals surface area contributed by atoms with E-state index in [2.05, 4.69) is 4.74 Å². The van der Waals surface area contributed by atoms with Crippen molar-refractivity contribution in [2.45, 2.75) is 38.3 Å². The molecular formula is C12H16F3NO2. The predicted molar refractivity (Wildman–Crippen MR) is 61.0 cm³/mol. The maximum Gasteiger partial charge on any atom is 0.573 e. The summed E-state index contributed by atoms with van der Waals surface area (Å²) in [5, 5.41) is 9.80. The third-order valence-electron chi connectivity index (χ3n) is 2.55. The molecule has 0 aliphatic heterocycles. The summed E-state index contributed by atoms with van der Waals surface area (Å²) in [5.41, 5.74) is 6.21. The number of alkyl halides is 3. The quantitative estimate of drug-likeness (QED) is 0.858. The number of nitrogens with two attached hydrogens (primary N) is 1. The molecule has 0 radical (unpaired) electrons. The molecule has 0 amide bonds. The van der Waals surface area contributed by atoms with Crippen molar-refractivity contribution in [1.82, 2.24) is 0 Å². The molecule has 0 aliphatic rings. The highest BCUT2D eigenvalue weighted by molar-refractivity contribution is 5.28. The number of hydrogen-bond acceptors (Lipinski definition) is 3. The van der Waals surface area contributed by atoms with Crippen LogP contribution in [0, 0.1) is 0 Å². The Balaban J connectivity index is 2.65. The van der Waals surface area contributed by atoms with Gasteiger partial charge in [-0.05, 0) is 30.5 Å². The average Bonchev–Trinajstić information content (AvgIpc) is 2.27. The van der Waals surface area contributed by atoms with Crippen LogP contribution in [0.1, 0.15) is 31.4 Å². The first-order valence-corrected chi connectivity index (χ1v) is 5.61. The van der Waals surface area contributed by atoms with Crippen LogP contribution in [0.2, 0.25) is 0 Å². The van der Waals surface area contributed by atoms with Gasteiger partial charge >= 0.3 is 6.36 Å². The lowest BCUT2D eigenvalue weighted by Crippen LogP contribution is -2.21. The van der Waals surface area contributed by atoms with E-state index in [1.807, 2.05) is 6.92 Å². The molecule has 3 nitrogen and oxygen atoms in total. The van der Waals surface area contributed by atoms with Crippen LogP contribution in [-0.2, 0) is 0 Å². The van der Waals surface area contributed by atoms with Gasteiger partial charge < -0.3 is 15.6 Å². The van der Waals surface area contributed by atoms with Crippen LogP contribution < -0.4 is 10.5 Å². The van der Waals surface area contributed by atoms with Gasteiger partial charge in [0.15, 0.2) is 0 Å². The van der Waals surface area contributed by atoms with Gasteiger partial charge in [-0.25, -0.2) is 0 Å². The highest BCUT2D eigenvalue weighted by atomic mass is 19.4. The minimum atomic E-state index is -4.70. The molecule has 0 saturated heterocycles. The second-order valence-corrected chi connectivity index (χ2v) is 4.04. The van der Waals surface area contributed by atoms with E-state index < -0.39 is 12.5 Å². The lowest BCUT2D eigenvalue weighted by Gasteiger charge is -2.16. The van der Waals surface area contributed by atoms with Crippen LogP contribution in [-0.4, -0.2) is 17.5 Å². The molecule has 102 valence electrons. The van der Waals surface area contributed by atoms with Crippen molar-refractivity contribution in [2.75, 3.05) is 0 Å². The van der Waals surface area contributed by atoms with Crippen molar-refractivity contribution < 1.29 is 23.0 Å². The molecule has 0 aliphatic carbocycles. The zero-order valence-electron chi connectivity index (χ0n) is 9.95. The van der Waals surface area contributed by atoms with E-state index in [0.29, 0.717) is 12.0 Å². The first kappa shape index (κ1) is 14.8. The number of benzene rings is 1. The summed E-state index contributed by atoms with van der Waals surface area (Å²) < 4.78 is 39.5. The SMILES string of the molecule is CCC(N)CC(O)c1ccc(OC(F)(F)F)cc1. The Labute approximate surface area is 103 Å². The van der Waals surface area contributed by atoms with Gasteiger partial charge in [0.05, 0.1) is 6.10 Å². The first-order valence-electron chi connectivity index (χ1n) is 5.61. The molecule has 2 atom stereocenters. The number of hydrogen-bond donors (Lipinski definition) is 2. The maximum atomic E-state index is 11.9. The third-order valence-corrected chi connectivity index (χ3v) is 2.55. The molecule has 1 aromatic rings. The van der Waals surface area contributed by atoms with Crippen molar-refractivity contribution in [3.8, 4) is 5.75 Å². The van der Waals surface area contributed by atoms with Crippen molar-refractivity contribution in [2.24, 2.45) is 5.73 Å². The Hall–Kier alpha value is -1.27. The number of rotatable bonds is 5. The van der Waals surface area contributed by atoms with E-state index in [1.54, 1.807) is 0 Å². The summed E-state index contributed by atoms with van der Waals surface area (Å²) in [4.78, 5) is 0. The molecule has 0 saturated carbocycles. The standard InChI is InChI=1S/C12H16F3NO2/c1-2-9(16)7-11(17)8-3-5-10(6-4-8)18-12(13,14)15/h3-6,9,11,17H,2,7,16H2,1H3. The van der Waals surface area contributed by atoms with Crippen LogP contribution >= 0.6 is 0 Å².